The molecule has 0 N–H and O–H groups in total. The van der Waals surface area contributed by atoms with E-state index in [9.17, 15) is 9.59 Å². The van der Waals surface area contributed by atoms with Crippen LogP contribution >= 0.6 is 38.9 Å². The Morgan fingerprint density at radius 2 is 1.95 bits per heavy atom. The predicted octanol–water partition coefficient (Wildman–Crippen LogP) is 5.67. The summed E-state index contributed by atoms with van der Waals surface area (Å²) in [4.78, 5) is 32.1. The number of halogens is 2. The lowest BCUT2D eigenvalue weighted by atomic mass is 9.96. The number of benzene rings is 3. The van der Waals surface area contributed by atoms with E-state index in [1.807, 2.05) is 24.3 Å². The molecule has 8 nitrogen and oxygen atoms in total. The number of fused-ring (bicyclic) bond motifs is 1. The van der Waals surface area contributed by atoms with Gasteiger partial charge >= 0.3 is 5.97 Å². The van der Waals surface area contributed by atoms with Gasteiger partial charge in [-0.15, -0.1) is 0 Å². The van der Waals surface area contributed by atoms with E-state index in [0.29, 0.717) is 52.7 Å². The molecule has 3 aromatic carbocycles. The topological polar surface area (TPSA) is 103 Å². The van der Waals surface area contributed by atoms with Gasteiger partial charge in [-0.25, -0.2) is 9.79 Å². The molecule has 218 valence electrons. The minimum Gasteiger partial charge on any atom is -0.493 e. The number of carbonyl (C=O) groups is 1. The van der Waals surface area contributed by atoms with Crippen molar-refractivity contribution < 1.29 is 19.0 Å². The maximum absolute atomic E-state index is 13.9. The van der Waals surface area contributed by atoms with Crippen LogP contribution in [0.3, 0.4) is 0 Å². The minimum absolute atomic E-state index is 0.180. The van der Waals surface area contributed by atoms with Gasteiger partial charge in [0, 0.05) is 5.02 Å². The Hall–Kier alpha value is -4.17. The highest BCUT2D eigenvalue weighted by Crippen LogP contribution is 2.38. The lowest BCUT2D eigenvalue weighted by Gasteiger charge is -2.25. The number of esters is 1. The highest BCUT2D eigenvalue weighted by molar-refractivity contribution is 9.10. The molecule has 1 aliphatic rings. The van der Waals surface area contributed by atoms with Crippen LogP contribution in [0.2, 0.25) is 5.02 Å². The summed E-state index contributed by atoms with van der Waals surface area (Å²) >= 11 is 11.4. The van der Waals surface area contributed by atoms with Crippen molar-refractivity contribution in [2.24, 2.45) is 4.99 Å². The monoisotopic (exact) mass is 677 g/mol. The number of rotatable bonds is 8. The first-order valence-corrected chi connectivity index (χ1v) is 15.2. The van der Waals surface area contributed by atoms with Crippen molar-refractivity contribution in [1.82, 2.24) is 4.57 Å². The van der Waals surface area contributed by atoms with Gasteiger partial charge in [0.15, 0.2) is 16.3 Å². The average Bonchev–Trinajstić information content (AvgIpc) is 3.30. The number of ether oxygens (including phenoxy) is 3. The van der Waals surface area contributed by atoms with Crippen LogP contribution in [0.4, 0.5) is 0 Å². The van der Waals surface area contributed by atoms with Crippen molar-refractivity contribution in [2.75, 3.05) is 13.7 Å². The van der Waals surface area contributed by atoms with Gasteiger partial charge in [-0.1, -0.05) is 53.3 Å². The highest BCUT2D eigenvalue weighted by Gasteiger charge is 2.34. The Morgan fingerprint density at radius 1 is 1.21 bits per heavy atom. The zero-order chi connectivity index (χ0) is 30.7. The molecular formula is C32H25BrClN3O5S. The van der Waals surface area contributed by atoms with Crippen LogP contribution < -0.4 is 24.4 Å². The first-order chi connectivity index (χ1) is 20.7. The van der Waals surface area contributed by atoms with Gasteiger partial charge in [-0.05, 0) is 82.9 Å². The summed E-state index contributed by atoms with van der Waals surface area (Å²) in [6.45, 7) is 3.90. The molecule has 0 radical (unpaired) electrons. The van der Waals surface area contributed by atoms with Crippen molar-refractivity contribution in [1.29, 1.82) is 5.26 Å². The second-order valence-electron chi connectivity index (χ2n) is 9.46. The number of aromatic nitrogens is 1. The number of nitrogens with zero attached hydrogens (tertiary/aromatic N) is 3. The number of allylic oxidation sites excluding steroid dienone is 1. The molecule has 0 amide bonds. The fraction of sp³-hybridized carbons (Fsp3) is 0.188. The van der Waals surface area contributed by atoms with Crippen molar-refractivity contribution in [3.8, 4) is 17.6 Å². The Morgan fingerprint density at radius 3 is 2.63 bits per heavy atom. The molecule has 5 rings (SSSR count). The third kappa shape index (κ3) is 6.15. The first-order valence-electron chi connectivity index (χ1n) is 13.2. The fourth-order valence-electron chi connectivity index (χ4n) is 4.73. The Bertz CT molecular complexity index is 1980. The molecule has 0 bridgehead atoms. The predicted molar refractivity (Wildman–Crippen MR) is 168 cm³/mol. The molecule has 0 saturated carbocycles. The highest BCUT2D eigenvalue weighted by atomic mass is 79.9. The Balaban J connectivity index is 1.56. The standard InChI is InChI=1S/C32H25BrClN3O5S/c1-4-41-31(39)27-18(2)36-32-37(28(27)22-7-5-6-8-24(22)34)30(38)26(43-32)15-21-13-23(33)29(25(14-21)40-3)42-17-20-11-9-19(16-35)10-12-20/h5-15,28H,4,17H2,1-3H3/b26-15-/t28-/m1/s1. The van der Waals surface area contributed by atoms with E-state index in [1.165, 1.54) is 23.0 Å². The number of carbonyl (C=O) groups excluding carboxylic acids is 1. The van der Waals surface area contributed by atoms with Gasteiger partial charge < -0.3 is 14.2 Å². The summed E-state index contributed by atoms with van der Waals surface area (Å²) in [5.74, 6) is 0.420. The number of hydrogen-bond donors (Lipinski definition) is 0. The van der Waals surface area contributed by atoms with Crippen LogP contribution in [-0.2, 0) is 16.1 Å². The molecule has 0 spiro atoms. The molecule has 0 aliphatic carbocycles. The van der Waals surface area contributed by atoms with E-state index in [-0.39, 0.29) is 24.3 Å². The third-order valence-electron chi connectivity index (χ3n) is 6.73. The summed E-state index contributed by atoms with van der Waals surface area (Å²) in [6.07, 6.45) is 1.74. The number of methoxy groups -OCH3 is 1. The molecule has 0 fully saturated rings. The maximum Gasteiger partial charge on any atom is 0.338 e. The Labute approximate surface area is 264 Å². The molecule has 0 unspecified atom stereocenters. The number of nitriles is 1. The van der Waals surface area contributed by atoms with E-state index in [0.717, 1.165) is 5.56 Å². The lowest BCUT2D eigenvalue weighted by molar-refractivity contribution is -0.139. The van der Waals surface area contributed by atoms with Gasteiger partial charge in [0.1, 0.15) is 12.6 Å². The zero-order valence-electron chi connectivity index (χ0n) is 23.4. The summed E-state index contributed by atoms with van der Waals surface area (Å²) < 4.78 is 19.6. The van der Waals surface area contributed by atoms with E-state index in [4.69, 9.17) is 31.1 Å². The molecule has 11 heteroatoms. The Kier molecular flexibility index (Phi) is 9.16. The molecule has 4 aromatic rings. The van der Waals surface area contributed by atoms with Crippen LogP contribution in [0.5, 0.6) is 11.5 Å². The second-order valence-corrected chi connectivity index (χ2v) is 11.7. The molecule has 2 heterocycles. The third-order valence-corrected chi connectivity index (χ3v) is 8.65. The van der Waals surface area contributed by atoms with Gasteiger partial charge in [0.2, 0.25) is 0 Å². The lowest BCUT2D eigenvalue weighted by Crippen LogP contribution is -2.40. The smallest absolute Gasteiger partial charge is 0.338 e. The largest absolute Gasteiger partial charge is 0.493 e. The average molecular weight is 679 g/mol. The summed E-state index contributed by atoms with van der Waals surface area (Å²) in [5.41, 5.74) is 3.16. The maximum atomic E-state index is 13.9. The molecule has 1 aliphatic heterocycles. The minimum atomic E-state index is -0.801. The van der Waals surface area contributed by atoms with Gasteiger partial charge in [0.05, 0.1) is 45.6 Å². The fourth-order valence-corrected chi connectivity index (χ4v) is 6.59. The van der Waals surface area contributed by atoms with Crippen molar-refractivity contribution in [3.05, 3.63) is 123 Å². The van der Waals surface area contributed by atoms with Crippen LogP contribution in [0, 0.1) is 11.3 Å². The molecule has 0 saturated heterocycles. The quantitative estimate of drug-likeness (QED) is 0.223. The number of hydrogen-bond acceptors (Lipinski definition) is 8. The summed E-state index contributed by atoms with van der Waals surface area (Å²) in [5, 5.41) is 9.44. The van der Waals surface area contributed by atoms with Gasteiger partial charge in [-0.2, -0.15) is 5.26 Å². The van der Waals surface area contributed by atoms with Crippen LogP contribution in [0.15, 0.2) is 86.2 Å². The van der Waals surface area contributed by atoms with E-state index in [2.05, 4.69) is 27.0 Å². The molecule has 43 heavy (non-hydrogen) atoms. The molecule has 1 aromatic heterocycles. The van der Waals surface area contributed by atoms with Crippen LogP contribution in [0.25, 0.3) is 6.08 Å². The van der Waals surface area contributed by atoms with E-state index in [1.54, 1.807) is 56.3 Å². The zero-order valence-corrected chi connectivity index (χ0v) is 26.5. The van der Waals surface area contributed by atoms with Crippen molar-refractivity contribution >= 4 is 50.9 Å². The number of thiazole rings is 1. The van der Waals surface area contributed by atoms with E-state index < -0.39 is 12.0 Å². The SMILES string of the molecule is CCOC(=O)C1=C(C)N=c2s/c(=C\c3cc(Br)c(OCc4ccc(C#N)cc4)c(OC)c3)c(=O)n2[C@@H]1c1ccccc1Cl. The van der Waals surface area contributed by atoms with Gasteiger partial charge in [0.25, 0.3) is 5.56 Å². The summed E-state index contributed by atoms with van der Waals surface area (Å²) in [6, 6.07) is 19.1. The molecule has 1 atom stereocenters. The van der Waals surface area contributed by atoms with Crippen molar-refractivity contribution in [3.63, 3.8) is 0 Å². The van der Waals surface area contributed by atoms with Crippen molar-refractivity contribution in [2.45, 2.75) is 26.5 Å². The van der Waals surface area contributed by atoms with Gasteiger partial charge in [-0.3, -0.25) is 9.36 Å². The van der Waals surface area contributed by atoms with E-state index >= 15 is 0 Å². The normalized spacial score (nSPS) is 14.5. The van der Waals surface area contributed by atoms with Crippen LogP contribution in [0.1, 0.15) is 42.1 Å². The first kappa shape index (κ1) is 30.3. The van der Waals surface area contributed by atoms with Crippen LogP contribution in [-0.4, -0.2) is 24.3 Å². The summed E-state index contributed by atoms with van der Waals surface area (Å²) in [7, 11) is 1.54. The second kappa shape index (κ2) is 13.0. The molecular weight excluding hydrogens is 654 g/mol.